The summed E-state index contributed by atoms with van der Waals surface area (Å²) in [4.78, 5) is 10.7. The number of hydrogen-bond acceptors (Lipinski definition) is 5. The van der Waals surface area contributed by atoms with E-state index in [2.05, 4.69) is 53.0 Å². The van der Waals surface area contributed by atoms with Gasteiger partial charge in [0.1, 0.15) is 5.75 Å². The second-order valence-corrected chi connectivity index (χ2v) is 5.74. The van der Waals surface area contributed by atoms with Gasteiger partial charge in [-0.3, -0.25) is 9.98 Å². The molecule has 0 aliphatic rings. The number of aromatic nitrogens is 1. The summed E-state index contributed by atoms with van der Waals surface area (Å²) in [6.07, 6.45) is 3.20. The maximum atomic E-state index is 10.1. The fourth-order valence-corrected chi connectivity index (χ4v) is 2.55. The van der Waals surface area contributed by atoms with Gasteiger partial charge in [-0.15, -0.1) is 0 Å². The van der Waals surface area contributed by atoms with Crippen molar-refractivity contribution in [2.75, 3.05) is 24.5 Å². The fourth-order valence-electron chi connectivity index (χ4n) is 2.55. The molecule has 1 aromatic heterocycles. The highest BCUT2D eigenvalue weighted by Crippen LogP contribution is 2.22. The van der Waals surface area contributed by atoms with Gasteiger partial charge in [0.25, 0.3) is 0 Å². The molecule has 0 fully saturated rings. The molecule has 2 rings (SSSR count). The highest BCUT2D eigenvalue weighted by molar-refractivity contribution is 5.85. The van der Waals surface area contributed by atoms with Gasteiger partial charge < -0.3 is 15.1 Å². The molecule has 0 saturated heterocycles. The van der Waals surface area contributed by atoms with Crippen LogP contribution in [0.5, 0.6) is 5.75 Å². The average Bonchev–Trinajstić information content (AvgIpc) is 2.58. The number of anilines is 1. The molecule has 1 aromatic carbocycles. The van der Waals surface area contributed by atoms with Gasteiger partial charge in [-0.05, 0) is 38.5 Å². The zero-order valence-corrected chi connectivity index (χ0v) is 14.5. The van der Waals surface area contributed by atoms with Crippen molar-refractivity contribution in [3.8, 4) is 5.75 Å². The number of nitrogens with zero attached hydrogens (tertiary/aromatic N) is 3. The molecule has 0 radical (unpaired) electrons. The summed E-state index contributed by atoms with van der Waals surface area (Å²) in [6, 6.07) is 8.40. The van der Waals surface area contributed by atoms with Crippen LogP contribution in [-0.4, -0.2) is 41.0 Å². The van der Waals surface area contributed by atoms with E-state index in [1.54, 1.807) is 19.3 Å². The van der Waals surface area contributed by atoms with Crippen molar-refractivity contribution in [1.29, 1.82) is 0 Å². The molecule has 5 nitrogen and oxygen atoms in total. The molecule has 5 heteroatoms. The van der Waals surface area contributed by atoms with Crippen molar-refractivity contribution in [2.45, 2.75) is 27.4 Å². The van der Waals surface area contributed by atoms with Gasteiger partial charge in [-0.25, -0.2) is 0 Å². The summed E-state index contributed by atoms with van der Waals surface area (Å²) in [6.45, 7) is 8.05. The number of aliphatic hydroxyl groups is 1. The number of rotatable bonds is 7. The SMILES string of the molecule is CCN(CCN=Cc1c(CO)cnc(C)c1O)c1cccc(C)c1. The van der Waals surface area contributed by atoms with Crippen LogP contribution < -0.4 is 4.90 Å². The topological polar surface area (TPSA) is 69.0 Å². The van der Waals surface area contributed by atoms with Gasteiger partial charge in [0, 0.05) is 42.3 Å². The van der Waals surface area contributed by atoms with Crippen LogP contribution in [0.2, 0.25) is 0 Å². The number of likely N-dealkylation sites (N-methyl/N-ethyl adjacent to an activating group) is 1. The Morgan fingerprint density at radius 2 is 2.08 bits per heavy atom. The van der Waals surface area contributed by atoms with E-state index in [0.29, 0.717) is 23.4 Å². The third-order valence-electron chi connectivity index (χ3n) is 4.00. The van der Waals surface area contributed by atoms with E-state index in [1.807, 2.05) is 0 Å². The van der Waals surface area contributed by atoms with Crippen LogP contribution in [-0.2, 0) is 6.61 Å². The molecule has 0 bridgehead atoms. The number of aryl methyl sites for hydroxylation is 2. The van der Waals surface area contributed by atoms with Crippen molar-refractivity contribution < 1.29 is 10.2 Å². The first-order valence-electron chi connectivity index (χ1n) is 8.16. The smallest absolute Gasteiger partial charge is 0.145 e. The lowest BCUT2D eigenvalue weighted by Crippen LogP contribution is -2.25. The van der Waals surface area contributed by atoms with Gasteiger partial charge in [0.05, 0.1) is 18.8 Å². The lowest BCUT2D eigenvalue weighted by Gasteiger charge is -2.22. The first kappa shape index (κ1) is 17.9. The Morgan fingerprint density at radius 1 is 1.29 bits per heavy atom. The van der Waals surface area contributed by atoms with E-state index < -0.39 is 0 Å². The Morgan fingerprint density at radius 3 is 2.75 bits per heavy atom. The van der Waals surface area contributed by atoms with Crippen molar-refractivity contribution in [1.82, 2.24) is 4.98 Å². The van der Waals surface area contributed by atoms with Crippen LogP contribution in [0.25, 0.3) is 0 Å². The molecule has 0 atom stereocenters. The Kier molecular flexibility index (Phi) is 6.32. The van der Waals surface area contributed by atoms with E-state index >= 15 is 0 Å². The van der Waals surface area contributed by atoms with Crippen LogP contribution in [0.3, 0.4) is 0 Å². The number of aliphatic hydroxyl groups excluding tert-OH is 1. The van der Waals surface area contributed by atoms with E-state index in [4.69, 9.17) is 0 Å². The highest BCUT2D eigenvalue weighted by Gasteiger charge is 2.09. The van der Waals surface area contributed by atoms with Gasteiger partial charge in [0.15, 0.2) is 0 Å². The molecule has 24 heavy (non-hydrogen) atoms. The Labute approximate surface area is 143 Å². The normalized spacial score (nSPS) is 11.2. The first-order valence-corrected chi connectivity index (χ1v) is 8.16. The summed E-state index contributed by atoms with van der Waals surface area (Å²) in [5, 5.41) is 19.5. The van der Waals surface area contributed by atoms with Gasteiger partial charge in [-0.1, -0.05) is 12.1 Å². The minimum absolute atomic E-state index is 0.0799. The molecule has 0 aliphatic heterocycles. The Bertz CT molecular complexity index is 714. The maximum Gasteiger partial charge on any atom is 0.145 e. The van der Waals surface area contributed by atoms with Crippen LogP contribution in [0, 0.1) is 13.8 Å². The quantitative estimate of drug-likeness (QED) is 0.767. The van der Waals surface area contributed by atoms with Crippen LogP contribution in [0.15, 0.2) is 35.5 Å². The summed E-state index contributed by atoms with van der Waals surface area (Å²) in [5.74, 6) is 0.0799. The predicted octanol–water partition coefficient (Wildman–Crippen LogP) is 2.84. The second kappa shape index (κ2) is 8.45. The van der Waals surface area contributed by atoms with Crippen LogP contribution >= 0.6 is 0 Å². The van der Waals surface area contributed by atoms with E-state index in [1.165, 1.54) is 11.3 Å². The van der Waals surface area contributed by atoms with Crippen molar-refractivity contribution in [3.05, 3.63) is 52.8 Å². The number of pyridine rings is 1. The molecular weight excluding hydrogens is 302 g/mol. The zero-order chi connectivity index (χ0) is 17.5. The second-order valence-electron chi connectivity index (χ2n) is 5.74. The molecule has 128 valence electrons. The minimum Gasteiger partial charge on any atom is -0.505 e. The molecule has 0 unspecified atom stereocenters. The molecule has 2 aromatic rings. The first-order chi connectivity index (χ1) is 11.6. The van der Waals surface area contributed by atoms with E-state index in [0.717, 1.165) is 13.1 Å². The molecule has 2 N–H and O–H groups in total. The number of aromatic hydroxyl groups is 1. The Balaban J connectivity index is 2.05. The molecule has 0 saturated carbocycles. The minimum atomic E-state index is -0.174. The van der Waals surface area contributed by atoms with Crippen LogP contribution in [0.4, 0.5) is 5.69 Å². The molecule has 0 amide bonds. The van der Waals surface area contributed by atoms with Gasteiger partial charge in [-0.2, -0.15) is 0 Å². The van der Waals surface area contributed by atoms with Gasteiger partial charge in [0.2, 0.25) is 0 Å². The van der Waals surface area contributed by atoms with E-state index in [9.17, 15) is 10.2 Å². The summed E-state index contributed by atoms with van der Waals surface area (Å²) in [5.41, 5.74) is 4.07. The summed E-state index contributed by atoms with van der Waals surface area (Å²) >= 11 is 0. The van der Waals surface area contributed by atoms with Crippen molar-refractivity contribution in [2.24, 2.45) is 4.99 Å². The molecular formula is C19H25N3O2. The lowest BCUT2D eigenvalue weighted by molar-refractivity contribution is 0.280. The number of hydrogen-bond donors (Lipinski definition) is 2. The largest absolute Gasteiger partial charge is 0.505 e. The average molecular weight is 327 g/mol. The summed E-state index contributed by atoms with van der Waals surface area (Å²) < 4.78 is 0. The van der Waals surface area contributed by atoms with Gasteiger partial charge >= 0.3 is 0 Å². The third-order valence-corrected chi connectivity index (χ3v) is 4.00. The van der Waals surface area contributed by atoms with Crippen molar-refractivity contribution >= 4 is 11.9 Å². The summed E-state index contributed by atoms with van der Waals surface area (Å²) in [7, 11) is 0. The Hall–Kier alpha value is -2.40. The van der Waals surface area contributed by atoms with Crippen molar-refractivity contribution in [3.63, 3.8) is 0 Å². The van der Waals surface area contributed by atoms with Crippen LogP contribution in [0.1, 0.15) is 29.3 Å². The molecule has 0 spiro atoms. The molecule has 0 aliphatic carbocycles. The fraction of sp³-hybridized carbons (Fsp3) is 0.368. The zero-order valence-electron chi connectivity index (χ0n) is 14.5. The predicted molar refractivity (Wildman–Crippen MR) is 98.1 cm³/mol. The monoisotopic (exact) mass is 327 g/mol. The maximum absolute atomic E-state index is 10.1. The number of aliphatic imine (C=N–C) groups is 1. The molecule has 1 heterocycles. The number of benzene rings is 1. The third kappa shape index (κ3) is 4.32. The highest BCUT2D eigenvalue weighted by atomic mass is 16.3. The standard InChI is InChI=1S/C19H25N3O2/c1-4-22(17-7-5-6-14(2)10-17)9-8-20-12-18-16(13-23)11-21-15(3)19(18)24/h5-7,10-12,23-24H,4,8-9,13H2,1-3H3. The lowest BCUT2D eigenvalue weighted by atomic mass is 10.1. The van der Waals surface area contributed by atoms with E-state index in [-0.39, 0.29) is 12.4 Å².